The molecule has 0 aliphatic carbocycles. The van der Waals surface area contributed by atoms with Crippen LogP contribution in [0.4, 0.5) is 0 Å². The molecule has 0 unspecified atom stereocenters. The van der Waals surface area contributed by atoms with Gasteiger partial charge in [0.15, 0.2) is 0 Å². The molecule has 76 valence electrons. The van der Waals surface area contributed by atoms with Crippen molar-refractivity contribution < 1.29 is 4.79 Å². The maximum Gasteiger partial charge on any atom is 0.269 e. The molecule has 0 saturated heterocycles. The van der Waals surface area contributed by atoms with Crippen LogP contribution in [0.5, 0.6) is 0 Å². The van der Waals surface area contributed by atoms with Crippen molar-refractivity contribution in [3.8, 4) is 0 Å². The molecule has 0 aliphatic rings. The van der Waals surface area contributed by atoms with Gasteiger partial charge in [-0.25, -0.2) is 0 Å². The van der Waals surface area contributed by atoms with E-state index in [0.717, 1.165) is 12.1 Å². The zero-order valence-corrected chi connectivity index (χ0v) is 8.50. The summed E-state index contributed by atoms with van der Waals surface area (Å²) in [7, 11) is 1.84. The van der Waals surface area contributed by atoms with E-state index < -0.39 is 0 Å². The second-order valence-electron chi connectivity index (χ2n) is 3.08. The van der Waals surface area contributed by atoms with E-state index in [-0.39, 0.29) is 5.91 Å². The highest BCUT2D eigenvalue weighted by molar-refractivity contribution is 5.92. The number of rotatable bonds is 4. The highest BCUT2D eigenvalue weighted by atomic mass is 16.1. The Hall–Kier alpha value is -1.42. The van der Waals surface area contributed by atoms with Crippen LogP contribution in [0.2, 0.25) is 0 Å². The van der Waals surface area contributed by atoms with Crippen LogP contribution in [0.3, 0.4) is 0 Å². The van der Waals surface area contributed by atoms with Crippen molar-refractivity contribution >= 4 is 5.91 Å². The van der Waals surface area contributed by atoms with Crippen molar-refractivity contribution in [2.75, 3.05) is 20.1 Å². The van der Waals surface area contributed by atoms with Gasteiger partial charge in [0.1, 0.15) is 5.69 Å². The molecular weight excluding hydrogens is 178 g/mol. The van der Waals surface area contributed by atoms with Crippen LogP contribution in [-0.2, 0) is 0 Å². The zero-order chi connectivity index (χ0) is 10.4. The van der Waals surface area contributed by atoms with Gasteiger partial charge in [0.2, 0.25) is 0 Å². The number of nitrogens with one attached hydrogen (secondary N) is 2. The predicted molar refractivity (Wildman–Crippen MR) is 55.2 cm³/mol. The molecule has 0 fully saturated rings. The molecule has 1 rings (SSSR count). The van der Waals surface area contributed by atoms with Crippen LogP contribution in [-0.4, -0.2) is 31.0 Å². The van der Waals surface area contributed by atoms with Gasteiger partial charge in [-0.15, -0.1) is 0 Å². The summed E-state index contributed by atoms with van der Waals surface area (Å²) in [4.78, 5) is 15.5. The number of amides is 1. The van der Waals surface area contributed by atoms with Crippen molar-refractivity contribution in [3.63, 3.8) is 0 Å². The lowest BCUT2D eigenvalue weighted by atomic mass is 10.2. The number of aryl methyl sites for hydroxylation is 1. The molecule has 0 atom stereocenters. The van der Waals surface area contributed by atoms with Gasteiger partial charge in [-0.3, -0.25) is 9.78 Å². The fourth-order valence-electron chi connectivity index (χ4n) is 1.05. The van der Waals surface area contributed by atoms with Crippen molar-refractivity contribution in [1.82, 2.24) is 15.6 Å². The zero-order valence-electron chi connectivity index (χ0n) is 8.50. The Kier molecular flexibility index (Phi) is 4.07. The van der Waals surface area contributed by atoms with Gasteiger partial charge in [0.05, 0.1) is 0 Å². The Bertz CT molecular complexity index is 312. The summed E-state index contributed by atoms with van der Waals surface area (Å²) in [5.74, 6) is -0.121. The molecule has 0 aromatic carbocycles. The largest absolute Gasteiger partial charge is 0.349 e. The Morgan fingerprint density at radius 3 is 2.93 bits per heavy atom. The van der Waals surface area contributed by atoms with Crippen molar-refractivity contribution in [1.29, 1.82) is 0 Å². The minimum absolute atomic E-state index is 0.121. The molecule has 0 aliphatic heterocycles. The Labute approximate surface area is 83.7 Å². The standard InChI is InChI=1S/C10H15N3O/c1-8-3-4-12-9(7-8)10(14)13-6-5-11-2/h3-4,7,11H,5-6H2,1-2H3,(H,13,14). The summed E-state index contributed by atoms with van der Waals surface area (Å²) in [5, 5.41) is 5.71. The first-order valence-corrected chi connectivity index (χ1v) is 4.59. The van der Waals surface area contributed by atoms with Crippen molar-refractivity contribution in [3.05, 3.63) is 29.6 Å². The highest BCUT2D eigenvalue weighted by Gasteiger charge is 2.04. The maximum absolute atomic E-state index is 11.5. The molecule has 0 radical (unpaired) electrons. The van der Waals surface area contributed by atoms with Gasteiger partial charge in [-0.2, -0.15) is 0 Å². The molecule has 2 N–H and O–H groups in total. The predicted octanol–water partition coefficient (Wildman–Crippen LogP) is 0.339. The molecule has 0 spiro atoms. The molecule has 1 amide bonds. The van der Waals surface area contributed by atoms with Crippen LogP contribution in [0.1, 0.15) is 16.1 Å². The summed E-state index contributed by atoms with van der Waals surface area (Å²) in [6.07, 6.45) is 1.64. The van der Waals surface area contributed by atoms with Gasteiger partial charge in [0.25, 0.3) is 5.91 Å². The van der Waals surface area contributed by atoms with Gasteiger partial charge >= 0.3 is 0 Å². The number of hydrogen-bond donors (Lipinski definition) is 2. The van der Waals surface area contributed by atoms with E-state index in [1.165, 1.54) is 0 Å². The summed E-state index contributed by atoms with van der Waals surface area (Å²) in [6, 6.07) is 3.64. The van der Waals surface area contributed by atoms with E-state index in [2.05, 4.69) is 15.6 Å². The van der Waals surface area contributed by atoms with E-state index in [4.69, 9.17) is 0 Å². The van der Waals surface area contributed by atoms with E-state index in [1.807, 2.05) is 20.0 Å². The Morgan fingerprint density at radius 2 is 2.29 bits per heavy atom. The molecule has 1 heterocycles. The number of likely N-dealkylation sites (N-methyl/N-ethyl adjacent to an activating group) is 1. The average molecular weight is 193 g/mol. The molecule has 4 nitrogen and oxygen atoms in total. The topological polar surface area (TPSA) is 54.0 Å². The average Bonchev–Trinajstić information content (AvgIpc) is 2.18. The minimum Gasteiger partial charge on any atom is -0.349 e. The minimum atomic E-state index is -0.121. The van der Waals surface area contributed by atoms with E-state index in [9.17, 15) is 4.79 Å². The first-order valence-electron chi connectivity index (χ1n) is 4.59. The maximum atomic E-state index is 11.5. The fourth-order valence-corrected chi connectivity index (χ4v) is 1.05. The first kappa shape index (κ1) is 10.7. The summed E-state index contributed by atoms with van der Waals surface area (Å²) < 4.78 is 0. The quantitative estimate of drug-likeness (QED) is 0.678. The smallest absolute Gasteiger partial charge is 0.269 e. The van der Waals surface area contributed by atoms with Crippen molar-refractivity contribution in [2.24, 2.45) is 0 Å². The number of aromatic nitrogens is 1. The third-order valence-electron chi connectivity index (χ3n) is 1.81. The van der Waals surface area contributed by atoms with Crippen LogP contribution < -0.4 is 10.6 Å². The Morgan fingerprint density at radius 1 is 1.50 bits per heavy atom. The Balaban J connectivity index is 2.52. The summed E-state index contributed by atoms with van der Waals surface area (Å²) >= 11 is 0. The number of hydrogen-bond acceptors (Lipinski definition) is 3. The normalized spacial score (nSPS) is 9.86. The number of carbonyl (C=O) groups excluding carboxylic acids is 1. The second kappa shape index (κ2) is 5.34. The fraction of sp³-hybridized carbons (Fsp3) is 0.400. The van der Waals surface area contributed by atoms with E-state index in [1.54, 1.807) is 12.3 Å². The molecule has 14 heavy (non-hydrogen) atoms. The molecule has 1 aromatic heterocycles. The van der Waals surface area contributed by atoms with Crippen LogP contribution in [0.15, 0.2) is 18.3 Å². The lowest BCUT2D eigenvalue weighted by Gasteiger charge is -2.04. The monoisotopic (exact) mass is 193 g/mol. The van der Waals surface area contributed by atoms with Gasteiger partial charge in [-0.1, -0.05) is 0 Å². The SMILES string of the molecule is CNCCNC(=O)c1cc(C)ccn1. The summed E-state index contributed by atoms with van der Waals surface area (Å²) in [5.41, 5.74) is 1.51. The molecule has 0 saturated carbocycles. The van der Waals surface area contributed by atoms with Crippen molar-refractivity contribution in [2.45, 2.75) is 6.92 Å². The number of pyridine rings is 1. The molecular formula is C10H15N3O. The third kappa shape index (κ3) is 3.14. The van der Waals surface area contributed by atoms with E-state index >= 15 is 0 Å². The van der Waals surface area contributed by atoms with Gasteiger partial charge in [0, 0.05) is 19.3 Å². The van der Waals surface area contributed by atoms with E-state index in [0.29, 0.717) is 12.2 Å². The lowest BCUT2D eigenvalue weighted by molar-refractivity contribution is 0.0949. The van der Waals surface area contributed by atoms with Gasteiger partial charge in [-0.05, 0) is 31.7 Å². The number of carbonyl (C=O) groups is 1. The second-order valence-corrected chi connectivity index (χ2v) is 3.08. The third-order valence-corrected chi connectivity index (χ3v) is 1.81. The molecule has 4 heteroatoms. The summed E-state index contributed by atoms with van der Waals surface area (Å²) in [6.45, 7) is 3.31. The molecule has 0 bridgehead atoms. The van der Waals surface area contributed by atoms with Gasteiger partial charge < -0.3 is 10.6 Å². The van der Waals surface area contributed by atoms with Crippen LogP contribution in [0.25, 0.3) is 0 Å². The molecule has 1 aromatic rings. The highest BCUT2D eigenvalue weighted by Crippen LogP contribution is 1.98. The van der Waals surface area contributed by atoms with Crippen LogP contribution in [0, 0.1) is 6.92 Å². The van der Waals surface area contributed by atoms with Crippen LogP contribution >= 0.6 is 0 Å². The lowest BCUT2D eigenvalue weighted by Crippen LogP contribution is -2.30. The first-order chi connectivity index (χ1) is 6.74. The number of nitrogens with zero attached hydrogens (tertiary/aromatic N) is 1.